The molecule has 130 valence electrons. The third kappa shape index (κ3) is 3.50. The maximum absolute atomic E-state index is 5.98. The number of thioether (sulfide) groups is 1. The molecule has 0 bridgehead atoms. The Morgan fingerprint density at radius 1 is 1.04 bits per heavy atom. The van der Waals surface area contributed by atoms with Crippen molar-refractivity contribution in [3.8, 4) is 17.3 Å². The minimum absolute atomic E-state index is 0.644. The van der Waals surface area contributed by atoms with E-state index in [9.17, 15) is 0 Å². The Balaban J connectivity index is 1.60. The van der Waals surface area contributed by atoms with Crippen LogP contribution in [0.4, 0.5) is 0 Å². The molecule has 0 aliphatic heterocycles. The van der Waals surface area contributed by atoms with Crippen LogP contribution < -0.4 is 0 Å². The molecule has 0 saturated heterocycles. The van der Waals surface area contributed by atoms with E-state index in [0.717, 1.165) is 22.3 Å². The van der Waals surface area contributed by atoms with Gasteiger partial charge in [-0.3, -0.25) is 4.98 Å². The van der Waals surface area contributed by atoms with E-state index in [0.29, 0.717) is 23.2 Å². The molecule has 0 aromatic carbocycles. The molecule has 4 aromatic rings. The molecule has 0 saturated carbocycles. The molecule has 7 nitrogen and oxygen atoms in total. The lowest BCUT2D eigenvalue weighted by Gasteiger charge is -2.04. The Morgan fingerprint density at radius 3 is 2.69 bits per heavy atom. The van der Waals surface area contributed by atoms with Gasteiger partial charge in [0.15, 0.2) is 16.7 Å². The van der Waals surface area contributed by atoms with Crippen molar-refractivity contribution in [2.45, 2.75) is 24.8 Å². The van der Waals surface area contributed by atoms with Gasteiger partial charge in [-0.1, -0.05) is 11.8 Å². The highest BCUT2D eigenvalue weighted by Crippen LogP contribution is 2.26. The van der Waals surface area contributed by atoms with Gasteiger partial charge in [0.05, 0.1) is 11.4 Å². The van der Waals surface area contributed by atoms with E-state index < -0.39 is 0 Å². The molecule has 26 heavy (non-hydrogen) atoms. The largest absolute Gasteiger partial charge is 0.457 e. The zero-order chi connectivity index (χ0) is 17.9. The van der Waals surface area contributed by atoms with Crippen LogP contribution in [-0.2, 0) is 5.75 Å². The predicted molar refractivity (Wildman–Crippen MR) is 97.9 cm³/mol. The molecule has 0 radical (unpaired) electrons. The molecule has 0 aliphatic carbocycles. The van der Waals surface area contributed by atoms with E-state index in [1.165, 1.54) is 11.8 Å². The summed E-state index contributed by atoms with van der Waals surface area (Å²) in [5.41, 5.74) is 1.82. The van der Waals surface area contributed by atoms with Gasteiger partial charge in [-0.15, -0.1) is 0 Å². The molecular formula is C18H16N6OS. The second kappa shape index (κ2) is 7.09. The van der Waals surface area contributed by atoms with Crippen LogP contribution in [0.1, 0.15) is 17.3 Å². The fourth-order valence-corrected chi connectivity index (χ4v) is 3.19. The Morgan fingerprint density at radius 2 is 1.88 bits per heavy atom. The van der Waals surface area contributed by atoms with E-state index in [2.05, 4.69) is 25.0 Å². The standard InChI is InChI=1S/C18H16N6OS/c1-12-10-14(6-9-19-12)24-17(22-13(2)23-24)16-5-4-15(25-16)11-26-18-20-7-3-8-21-18/h3-10H,11H2,1-2H3. The SMILES string of the molecule is Cc1cc(-n2nc(C)nc2-c2ccc(CSc3ncccn3)o2)ccn1. The number of pyridine rings is 1. The summed E-state index contributed by atoms with van der Waals surface area (Å²) >= 11 is 1.52. The summed E-state index contributed by atoms with van der Waals surface area (Å²) in [6.45, 7) is 3.81. The maximum atomic E-state index is 5.98. The summed E-state index contributed by atoms with van der Waals surface area (Å²) in [6.07, 6.45) is 5.21. The Hall–Kier alpha value is -3.00. The highest BCUT2D eigenvalue weighted by atomic mass is 32.2. The predicted octanol–water partition coefficient (Wildman–Crippen LogP) is 3.62. The molecule has 0 unspecified atom stereocenters. The molecule has 8 heteroatoms. The topological polar surface area (TPSA) is 82.5 Å². The fourth-order valence-electron chi connectivity index (χ4n) is 2.49. The van der Waals surface area contributed by atoms with Gasteiger partial charge in [-0.25, -0.2) is 19.6 Å². The molecule has 0 spiro atoms. The Labute approximate surface area is 154 Å². The van der Waals surface area contributed by atoms with Gasteiger partial charge >= 0.3 is 0 Å². The van der Waals surface area contributed by atoms with Gasteiger partial charge in [0.2, 0.25) is 0 Å². The Bertz CT molecular complexity index is 1030. The molecule has 0 N–H and O–H groups in total. The summed E-state index contributed by atoms with van der Waals surface area (Å²) in [5, 5.41) is 5.21. The van der Waals surface area contributed by atoms with Crippen LogP contribution in [0.2, 0.25) is 0 Å². The highest BCUT2D eigenvalue weighted by Gasteiger charge is 2.16. The average Bonchev–Trinajstić information content (AvgIpc) is 3.27. The Kier molecular flexibility index (Phi) is 4.49. The van der Waals surface area contributed by atoms with Gasteiger partial charge in [0.1, 0.15) is 11.6 Å². The number of aromatic nitrogens is 6. The fraction of sp³-hybridized carbons (Fsp3) is 0.167. The number of rotatable bonds is 5. The summed E-state index contributed by atoms with van der Waals surface area (Å²) in [4.78, 5) is 17.2. The number of aryl methyl sites for hydroxylation is 2. The zero-order valence-corrected chi connectivity index (χ0v) is 15.1. The van der Waals surface area contributed by atoms with Crippen molar-refractivity contribution in [2.75, 3.05) is 0 Å². The third-order valence-corrected chi connectivity index (χ3v) is 4.50. The molecule has 0 fully saturated rings. The second-order valence-electron chi connectivity index (χ2n) is 5.64. The van der Waals surface area contributed by atoms with Crippen molar-refractivity contribution in [3.63, 3.8) is 0 Å². The number of hydrogen-bond acceptors (Lipinski definition) is 7. The summed E-state index contributed by atoms with van der Waals surface area (Å²) < 4.78 is 7.76. The van der Waals surface area contributed by atoms with Gasteiger partial charge in [-0.05, 0) is 44.2 Å². The van der Waals surface area contributed by atoms with Crippen LogP contribution in [0.3, 0.4) is 0 Å². The number of furan rings is 1. The van der Waals surface area contributed by atoms with Crippen molar-refractivity contribution >= 4 is 11.8 Å². The lowest BCUT2D eigenvalue weighted by atomic mass is 10.3. The van der Waals surface area contributed by atoms with E-state index >= 15 is 0 Å². The van der Waals surface area contributed by atoms with E-state index in [-0.39, 0.29) is 0 Å². The van der Waals surface area contributed by atoms with Crippen LogP contribution in [0, 0.1) is 13.8 Å². The van der Waals surface area contributed by atoms with Crippen molar-refractivity contribution < 1.29 is 4.42 Å². The van der Waals surface area contributed by atoms with Gasteiger partial charge in [-0.2, -0.15) is 5.10 Å². The quantitative estimate of drug-likeness (QED) is 0.395. The molecule has 0 aliphatic rings. The monoisotopic (exact) mass is 364 g/mol. The summed E-state index contributed by atoms with van der Waals surface area (Å²) in [7, 11) is 0. The molecule has 0 amide bonds. The first-order valence-electron chi connectivity index (χ1n) is 8.04. The lowest BCUT2D eigenvalue weighted by Crippen LogP contribution is -2.00. The van der Waals surface area contributed by atoms with Crippen LogP contribution >= 0.6 is 11.8 Å². The van der Waals surface area contributed by atoms with Crippen LogP contribution in [0.5, 0.6) is 0 Å². The second-order valence-corrected chi connectivity index (χ2v) is 6.58. The van der Waals surface area contributed by atoms with Crippen LogP contribution in [0.25, 0.3) is 17.3 Å². The summed E-state index contributed by atoms with van der Waals surface area (Å²) in [5.74, 6) is 3.49. The normalized spacial score (nSPS) is 11.0. The smallest absolute Gasteiger partial charge is 0.199 e. The number of nitrogens with zero attached hydrogens (tertiary/aromatic N) is 6. The zero-order valence-electron chi connectivity index (χ0n) is 14.3. The van der Waals surface area contributed by atoms with Crippen molar-refractivity contribution in [2.24, 2.45) is 0 Å². The average molecular weight is 364 g/mol. The molecule has 4 aromatic heterocycles. The first kappa shape index (κ1) is 16.5. The third-order valence-electron chi connectivity index (χ3n) is 3.61. The summed E-state index contributed by atoms with van der Waals surface area (Å²) in [6, 6.07) is 9.51. The van der Waals surface area contributed by atoms with E-state index in [4.69, 9.17) is 4.42 Å². The molecule has 0 atom stereocenters. The van der Waals surface area contributed by atoms with Gasteiger partial charge in [0.25, 0.3) is 0 Å². The van der Waals surface area contributed by atoms with Gasteiger partial charge < -0.3 is 4.42 Å². The molecular weight excluding hydrogens is 348 g/mol. The van der Waals surface area contributed by atoms with E-state index in [1.807, 2.05) is 38.1 Å². The highest BCUT2D eigenvalue weighted by molar-refractivity contribution is 7.98. The number of hydrogen-bond donors (Lipinski definition) is 0. The van der Waals surface area contributed by atoms with Crippen LogP contribution in [-0.4, -0.2) is 29.7 Å². The lowest BCUT2D eigenvalue weighted by molar-refractivity contribution is 0.538. The van der Waals surface area contributed by atoms with Crippen molar-refractivity contribution in [1.82, 2.24) is 29.7 Å². The first-order chi connectivity index (χ1) is 12.7. The van der Waals surface area contributed by atoms with Crippen molar-refractivity contribution in [3.05, 3.63) is 66.2 Å². The molecule has 4 rings (SSSR count). The first-order valence-corrected chi connectivity index (χ1v) is 9.03. The maximum Gasteiger partial charge on any atom is 0.199 e. The minimum Gasteiger partial charge on any atom is -0.457 e. The van der Waals surface area contributed by atoms with Crippen molar-refractivity contribution in [1.29, 1.82) is 0 Å². The van der Waals surface area contributed by atoms with Gasteiger partial charge in [0, 0.05) is 24.3 Å². The minimum atomic E-state index is 0.644. The van der Waals surface area contributed by atoms with Crippen LogP contribution in [0.15, 0.2) is 58.5 Å². The van der Waals surface area contributed by atoms with E-state index in [1.54, 1.807) is 29.3 Å². The molecule has 4 heterocycles.